The SMILES string of the molecule is Cc1ccc(-c2cc(F)ccc2C(C)N)cc1. The number of aryl methyl sites for hydroxylation is 1. The fraction of sp³-hybridized carbons (Fsp3) is 0.200. The Labute approximate surface area is 101 Å². The number of nitrogens with two attached hydrogens (primary N) is 1. The monoisotopic (exact) mass is 229 g/mol. The van der Waals surface area contributed by atoms with Crippen LogP contribution in [0.5, 0.6) is 0 Å². The predicted molar refractivity (Wildman–Crippen MR) is 69.2 cm³/mol. The largest absolute Gasteiger partial charge is 0.324 e. The quantitative estimate of drug-likeness (QED) is 0.832. The van der Waals surface area contributed by atoms with Gasteiger partial charge in [0.25, 0.3) is 0 Å². The smallest absolute Gasteiger partial charge is 0.123 e. The highest BCUT2D eigenvalue weighted by atomic mass is 19.1. The summed E-state index contributed by atoms with van der Waals surface area (Å²) in [7, 11) is 0. The summed E-state index contributed by atoms with van der Waals surface area (Å²) >= 11 is 0. The standard InChI is InChI=1S/C15H16FN/c1-10-3-5-12(6-4-10)15-9-13(16)7-8-14(15)11(2)17/h3-9,11H,17H2,1-2H3. The number of hydrogen-bond acceptors (Lipinski definition) is 1. The molecule has 1 unspecified atom stereocenters. The van der Waals surface area contributed by atoms with Gasteiger partial charge in [0.1, 0.15) is 5.82 Å². The van der Waals surface area contributed by atoms with Crippen molar-refractivity contribution in [3.05, 3.63) is 59.4 Å². The molecule has 0 bridgehead atoms. The summed E-state index contributed by atoms with van der Waals surface area (Å²) in [5, 5.41) is 0. The summed E-state index contributed by atoms with van der Waals surface area (Å²) in [5.74, 6) is -0.232. The molecule has 0 aliphatic carbocycles. The second-order valence-electron chi connectivity index (χ2n) is 4.39. The minimum absolute atomic E-state index is 0.105. The second kappa shape index (κ2) is 4.68. The van der Waals surface area contributed by atoms with E-state index in [2.05, 4.69) is 0 Å². The van der Waals surface area contributed by atoms with Crippen molar-refractivity contribution in [1.82, 2.24) is 0 Å². The van der Waals surface area contributed by atoms with Gasteiger partial charge in [0.15, 0.2) is 0 Å². The topological polar surface area (TPSA) is 26.0 Å². The summed E-state index contributed by atoms with van der Waals surface area (Å²) in [6, 6.07) is 12.7. The van der Waals surface area contributed by atoms with Crippen LogP contribution in [0.3, 0.4) is 0 Å². The van der Waals surface area contributed by atoms with Crippen LogP contribution in [0.25, 0.3) is 11.1 Å². The van der Waals surface area contributed by atoms with Gasteiger partial charge in [0.2, 0.25) is 0 Å². The molecule has 0 amide bonds. The molecule has 0 radical (unpaired) electrons. The van der Waals surface area contributed by atoms with Gasteiger partial charge in [0.05, 0.1) is 0 Å². The number of benzene rings is 2. The first-order valence-corrected chi connectivity index (χ1v) is 5.70. The van der Waals surface area contributed by atoms with E-state index in [0.717, 1.165) is 16.7 Å². The minimum atomic E-state index is -0.232. The van der Waals surface area contributed by atoms with Crippen molar-refractivity contribution in [2.75, 3.05) is 0 Å². The molecule has 2 aromatic carbocycles. The molecule has 17 heavy (non-hydrogen) atoms. The zero-order valence-electron chi connectivity index (χ0n) is 10.1. The van der Waals surface area contributed by atoms with E-state index in [1.165, 1.54) is 11.6 Å². The molecule has 0 heterocycles. The summed E-state index contributed by atoms with van der Waals surface area (Å²) < 4.78 is 13.3. The Kier molecular flexibility index (Phi) is 3.25. The zero-order chi connectivity index (χ0) is 12.4. The lowest BCUT2D eigenvalue weighted by Gasteiger charge is -2.13. The zero-order valence-corrected chi connectivity index (χ0v) is 10.1. The van der Waals surface area contributed by atoms with Gasteiger partial charge in [-0.1, -0.05) is 35.9 Å². The van der Waals surface area contributed by atoms with Crippen molar-refractivity contribution < 1.29 is 4.39 Å². The van der Waals surface area contributed by atoms with Crippen LogP contribution in [-0.2, 0) is 0 Å². The first-order valence-electron chi connectivity index (χ1n) is 5.70. The third-order valence-corrected chi connectivity index (χ3v) is 2.87. The molecular formula is C15H16FN. The van der Waals surface area contributed by atoms with Gasteiger partial charge in [-0.25, -0.2) is 4.39 Å². The van der Waals surface area contributed by atoms with Crippen LogP contribution in [0.1, 0.15) is 24.1 Å². The second-order valence-corrected chi connectivity index (χ2v) is 4.39. The normalized spacial score (nSPS) is 12.5. The highest BCUT2D eigenvalue weighted by molar-refractivity contribution is 5.68. The van der Waals surface area contributed by atoms with Crippen LogP contribution in [0.4, 0.5) is 4.39 Å². The minimum Gasteiger partial charge on any atom is -0.324 e. The molecule has 2 aromatic rings. The number of halogens is 1. The average Bonchev–Trinajstić information content (AvgIpc) is 2.29. The van der Waals surface area contributed by atoms with Crippen LogP contribution in [0.2, 0.25) is 0 Å². The molecule has 0 aliphatic heterocycles. The van der Waals surface area contributed by atoms with E-state index in [-0.39, 0.29) is 11.9 Å². The molecule has 0 saturated heterocycles. The van der Waals surface area contributed by atoms with Crippen molar-refractivity contribution >= 4 is 0 Å². The maximum atomic E-state index is 13.3. The Balaban J connectivity index is 2.56. The van der Waals surface area contributed by atoms with Gasteiger partial charge in [-0.2, -0.15) is 0 Å². The van der Waals surface area contributed by atoms with Crippen LogP contribution < -0.4 is 5.73 Å². The maximum Gasteiger partial charge on any atom is 0.123 e. The lowest BCUT2D eigenvalue weighted by molar-refractivity contribution is 0.626. The average molecular weight is 229 g/mol. The first kappa shape index (κ1) is 11.8. The molecule has 1 atom stereocenters. The van der Waals surface area contributed by atoms with Crippen molar-refractivity contribution in [3.8, 4) is 11.1 Å². The van der Waals surface area contributed by atoms with E-state index >= 15 is 0 Å². The molecule has 0 spiro atoms. The lowest BCUT2D eigenvalue weighted by atomic mass is 9.95. The Hall–Kier alpha value is -1.67. The molecule has 2 rings (SSSR count). The Morgan fingerprint density at radius 1 is 1.06 bits per heavy atom. The van der Waals surface area contributed by atoms with Gasteiger partial charge in [-0.3, -0.25) is 0 Å². The molecule has 0 saturated carbocycles. The van der Waals surface area contributed by atoms with Crippen molar-refractivity contribution in [3.63, 3.8) is 0 Å². The number of rotatable bonds is 2. The molecule has 2 N–H and O–H groups in total. The molecule has 88 valence electrons. The van der Waals surface area contributed by atoms with Crippen LogP contribution >= 0.6 is 0 Å². The third kappa shape index (κ3) is 2.53. The van der Waals surface area contributed by atoms with Crippen LogP contribution in [0.15, 0.2) is 42.5 Å². The van der Waals surface area contributed by atoms with E-state index in [9.17, 15) is 4.39 Å². The summed E-state index contributed by atoms with van der Waals surface area (Å²) in [4.78, 5) is 0. The molecule has 0 aliphatic rings. The highest BCUT2D eigenvalue weighted by Gasteiger charge is 2.09. The van der Waals surface area contributed by atoms with E-state index in [4.69, 9.17) is 5.73 Å². The molecular weight excluding hydrogens is 213 g/mol. The van der Waals surface area contributed by atoms with E-state index in [1.54, 1.807) is 12.1 Å². The summed E-state index contributed by atoms with van der Waals surface area (Å²) in [6.07, 6.45) is 0. The van der Waals surface area contributed by atoms with E-state index in [1.807, 2.05) is 38.1 Å². The molecule has 2 heteroatoms. The first-order chi connectivity index (χ1) is 8.08. The maximum absolute atomic E-state index is 13.3. The Bertz CT molecular complexity index is 515. The predicted octanol–water partition coefficient (Wildman–Crippen LogP) is 3.82. The van der Waals surface area contributed by atoms with Crippen LogP contribution in [-0.4, -0.2) is 0 Å². The molecule has 0 aromatic heterocycles. The highest BCUT2D eigenvalue weighted by Crippen LogP contribution is 2.28. The van der Waals surface area contributed by atoms with Gasteiger partial charge in [-0.15, -0.1) is 0 Å². The van der Waals surface area contributed by atoms with Crippen molar-refractivity contribution in [2.45, 2.75) is 19.9 Å². The third-order valence-electron chi connectivity index (χ3n) is 2.87. The molecule has 1 nitrogen and oxygen atoms in total. The fourth-order valence-electron chi connectivity index (χ4n) is 1.91. The lowest BCUT2D eigenvalue weighted by Crippen LogP contribution is -2.06. The fourth-order valence-corrected chi connectivity index (χ4v) is 1.91. The Morgan fingerprint density at radius 3 is 2.29 bits per heavy atom. The number of hydrogen-bond donors (Lipinski definition) is 1. The molecule has 0 fully saturated rings. The van der Waals surface area contributed by atoms with Gasteiger partial charge < -0.3 is 5.73 Å². The van der Waals surface area contributed by atoms with Crippen molar-refractivity contribution in [1.29, 1.82) is 0 Å². The summed E-state index contributed by atoms with van der Waals surface area (Å²) in [5.41, 5.74) is 9.94. The van der Waals surface area contributed by atoms with Gasteiger partial charge in [-0.05, 0) is 42.7 Å². The Morgan fingerprint density at radius 2 is 1.71 bits per heavy atom. The summed E-state index contributed by atoms with van der Waals surface area (Å²) in [6.45, 7) is 3.94. The van der Waals surface area contributed by atoms with E-state index in [0.29, 0.717) is 0 Å². The van der Waals surface area contributed by atoms with Crippen LogP contribution in [0, 0.1) is 12.7 Å². The van der Waals surface area contributed by atoms with Crippen molar-refractivity contribution in [2.24, 2.45) is 5.73 Å². The van der Waals surface area contributed by atoms with Gasteiger partial charge in [0, 0.05) is 6.04 Å². The van der Waals surface area contributed by atoms with E-state index < -0.39 is 0 Å². The van der Waals surface area contributed by atoms with Gasteiger partial charge >= 0.3 is 0 Å².